The minimum atomic E-state index is -3.24. The Morgan fingerprint density at radius 1 is 1.00 bits per heavy atom. The Labute approximate surface area is 177 Å². The van der Waals surface area contributed by atoms with Gasteiger partial charge in [-0.2, -0.15) is 0 Å². The zero-order valence-electron chi connectivity index (χ0n) is 17.2. The smallest absolute Gasteiger partial charge is 0.253 e. The highest BCUT2D eigenvalue weighted by atomic mass is 32.2. The maximum Gasteiger partial charge on any atom is 0.253 e. The Kier molecular flexibility index (Phi) is 6.89. The zero-order chi connectivity index (χ0) is 21.7. The van der Waals surface area contributed by atoms with Crippen LogP contribution in [0.25, 0.3) is 0 Å². The molecule has 0 saturated carbocycles. The Bertz CT molecular complexity index is 1000. The summed E-state index contributed by atoms with van der Waals surface area (Å²) in [5.41, 5.74) is 1.83. The van der Waals surface area contributed by atoms with Gasteiger partial charge in [-0.05, 0) is 37.5 Å². The molecule has 1 atom stereocenters. The summed E-state index contributed by atoms with van der Waals surface area (Å²) in [4.78, 5) is 25.6. The number of carbonyl (C=O) groups excluding carboxylic acids is 2. The molecule has 1 fully saturated rings. The molecule has 2 aromatic rings. The van der Waals surface area contributed by atoms with E-state index in [1.54, 1.807) is 24.3 Å². The molecular formula is C22H27N3O4S. The number of hydrogen-bond donors (Lipinski definition) is 2. The number of anilines is 1. The number of amides is 2. The first kappa shape index (κ1) is 22.0. The summed E-state index contributed by atoms with van der Waals surface area (Å²) >= 11 is 0. The minimum Gasteiger partial charge on any atom is -0.345 e. The predicted octanol–water partition coefficient (Wildman–Crippen LogP) is 2.79. The molecule has 2 aromatic carbocycles. The molecule has 0 unspecified atom stereocenters. The molecule has 30 heavy (non-hydrogen) atoms. The lowest BCUT2D eigenvalue weighted by molar-refractivity contribution is -0.120. The van der Waals surface area contributed by atoms with E-state index in [9.17, 15) is 18.0 Å². The molecule has 8 heteroatoms. The Morgan fingerprint density at radius 3 is 2.23 bits per heavy atom. The van der Waals surface area contributed by atoms with Gasteiger partial charge in [-0.25, -0.2) is 12.7 Å². The number of hydrogen-bond acceptors (Lipinski definition) is 4. The van der Waals surface area contributed by atoms with Gasteiger partial charge in [0, 0.05) is 19.0 Å². The van der Waals surface area contributed by atoms with Crippen LogP contribution in [0.4, 0.5) is 5.69 Å². The molecule has 1 heterocycles. The predicted molar refractivity (Wildman–Crippen MR) is 117 cm³/mol. The van der Waals surface area contributed by atoms with E-state index in [1.165, 1.54) is 10.6 Å². The molecule has 7 nitrogen and oxygen atoms in total. The van der Waals surface area contributed by atoms with Crippen molar-refractivity contribution in [3.05, 3.63) is 65.7 Å². The second kappa shape index (κ2) is 9.40. The van der Waals surface area contributed by atoms with Gasteiger partial charge in [0.25, 0.3) is 5.91 Å². The fourth-order valence-corrected chi connectivity index (χ4v) is 4.45. The number of nitrogens with one attached hydrogen (secondary N) is 2. The monoisotopic (exact) mass is 429 g/mol. The van der Waals surface area contributed by atoms with Gasteiger partial charge in [-0.15, -0.1) is 0 Å². The largest absolute Gasteiger partial charge is 0.345 e. The average Bonchev–Trinajstić information content (AvgIpc) is 2.74. The zero-order valence-corrected chi connectivity index (χ0v) is 18.0. The number of rotatable bonds is 6. The highest BCUT2D eigenvalue weighted by Crippen LogP contribution is 2.23. The SMILES string of the molecule is C[C@H](NC(=O)c1ccccc1NC(=O)C1CCN(S(C)(=O)=O)CC1)c1ccccc1. The van der Waals surface area contributed by atoms with Gasteiger partial charge in [0.1, 0.15) is 0 Å². The van der Waals surface area contributed by atoms with Crippen LogP contribution < -0.4 is 10.6 Å². The second-order valence-electron chi connectivity index (χ2n) is 7.58. The number of carbonyl (C=O) groups is 2. The van der Waals surface area contributed by atoms with E-state index in [1.807, 2.05) is 37.3 Å². The van der Waals surface area contributed by atoms with Gasteiger partial charge < -0.3 is 10.6 Å². The maximum absolute atomic E-state index is 12.8. The van der Waals surface area contributed by atoms with E-state index in [4.69, 9.17) is 0 Å². The third-order valence-corrected chi connectivity index (χ3v) is 6.67. The van der Waals surface area contributed by atoms with Crippen molar-refractivity contribution in [3.8, 4) is 0 Å². The lowest BCUT2D eigenvalue weighted by Crippen LogP contribution is -2.41. The summed E-state index contributed by atoms with van der Waals surface area (Å²) in [7, 11) is -3.24. The molecule has 1 saturated heterocycles. The van der Waals surface area contributed by atoms with E-state index in [2.05, 4.69) is 10.6 Å². The number of para-hydroxylation sites is 1. The second-order valence-corrected chi connectivity index (χ2v) is 9.56. The summed E-state index contributed by atoms with van der Waals surface area (Å²) in [5.74, 6) is -0.754. The first-order valence-corrected chi connectivity index (χ1v) is 11.8. The summed E-state index contributed by atoms with van der Waals surface area (Å²) in [6, 6.07) is 16.4. The molecule has 160 valence electrons. The van der Waals surface area contributed by atoms with Gasteiger partial charge >= 0.3 is 0 Å². The van der Waals surface area contributed by atoms with E-state index in [0.717, 1.165) is 5.56 Å². The molecule has 1 aliphatic rings. The van der Waals surface area contributed by atoms with Crippen LogP contribution in [-0.2, 0) is 14.8 Å². The van der Waals surface area contributed by atoms with Crippen LogP contribution in [-0.4, -0.2) is 43.9 Å². The maximum atomic E-state index is 12.8. The summed E-state index contributed by atoms with van der Waals surface area (Å²) < 4.78 is 24.7. The van der Waals surface area contributed by atoms with E-state index in [0.29, 0.717) is 37.2 Å². The standard InChI is InChI=1S/C22H27N3O4S/c1-16(17-8-4-3-5-9-17)23-22(27)19-10-6-7-11-20(19)24-21(26)18-12-14-25(15-13-18)30(2,28)29/h3-11,16,18H,12-15H2,1-2H3,(H,23,27)(H,24,26)/t16-/m0/s1. The number of nitrogens with zero attached hydrogens (tertiary/aromatic N) is 1. The molecule has 1 aliphatic heterocycles. The van der Waals surface area contributed by atoms with E-state index < -0.39 is 10.0 Å². The number of piperidine rings is 1. The van der Waals surface area contributed by atoms with Gasteiger partial charge in [-0.1, -0.05) is 42.5 Å². The van der Waals surface area contributed by atoms with Gasteiger partial charge in [0.05, 0.1) is 23.5 Å². The molecule has 2 amide bonds. The van der Waals surface area contributed by atoms with Crippen molar-refractivity contribution < 1.29 is 18.0 Å². The van der Waals surface area contributed by atoms with Crippen LogP contribution in [0.15, 0.2) is 54.6 Å². The molecule has 2 N–H and O–H groups in total. The molecule has 0 bridgehead atoms. The van der Waals surface area contributed by atoms with Gasteiger partial charge in [-0.3, -0.25) is 9.59 Å². The Hall–Kier alpha value is -2.71. The number of sulfonamides is 1. The molecule has 3 rings (SSSR count). The highest BCUT2D eigenvalue weighted by molar-refractivity contribution is 7.88. The average molecular weight is 430 g/mol. The molecule has 0 radical (unpaired) electrons. The van der Waals surface area contributed by atoms with Crippen molar-refractivity contribution in [2.75, 3.05) is 24.7 Å². The van der Waals surface area contributed by atoms with Gasteiger partial charge in [0.15, 0.2) is 0 Å². The van der Waals surface area contributed by atoms with Crippen LogP contribution >= 0.6 is 0 Å². The lowest BCUT2D eigenvalue weighted by atomic mass is 9.97. The minimum absolute atomic E-state index is 0.178. The normalized spacial score (nSPS) is 16.6. The van der Waals surface area contributed by atoms with Crippen LogP contribution in [0.3, 0.4) is 0 Å². The highest BCUT2D eigenvalue weighted by Gasteiger charge is 2.29. The fourth-order valence-electron chi connectivity index (χ4n) is 3.57. The quantitative estimate of drug-likeness (QED) is 0.738. The first-order valence-electron chi connectivity index (χ1n) is 9.96. The molecule has 0 aromatic heterocycles. The van der Waals surface area contributed by atoms with E-state index in [-0.39, 0.29) is 23.8 Å². The van der Waals surface area contributed by atoms with Crippen LogP contribution in [0, 0.1) is 5.92 Å². The Morgan fingerprint density at radius 2 is 1.60 bits per heavy atom. The van der Waals surface area contributed by atoms with Crippen molar-refractivity contribution in [2.24, 2.45) is 5.92 Å². The summed E-state index contributed by atoms with van der Waals surface area (Å²) in [6.45, 7) is 2.56. The van der Waals surface area contributed by atoms with Crippen molar-refractivity contribution in [1.29, 1.82) is 0 Å². The molecule has 0 aliphatic carbocycles. The summed E-state index contributed by atoms with van der Waals surface area (Å²) in [6.07, 6.45) is 2.09. The van der Waals surface area contributed by atoms with Crippen molar-refractivity contribution >= 4 is 27.5 Å². The van der Waals surface area contributed by atoms with Crippen molar-refractivity contribution in [3.63, 3.8) is 0 Å². The van der Waals surface area contributed by atoms with Crippen LogP contribution in [0.5, 0.6) is 0 Å². The van der Waals surface area contributed by atoms with Crippen molar-refractivity contribution in [2.45, 2.75) is 25.8 Å². The Balaban J connectivity index is 1.65. The third-order valence-electron chi connectivity index (χ3n) is 5.37. The fraction of sp³-hybridized carbons (Fsp3) is 0.364. The summed E-state index contributed by atoms with van der Waals surface area (Å²) in [5, 5.41) is 5.82. The lowest BCUT2D eigenvalue weighted by Gasteiger charge is -2.29. The van der Waals surface area contributed by atoms with Crippen molar-refractivity contribution in [1.82, 2.24) is 9.62 Å². The molecular weight excluding hydrogens is 402 g/mol. The molecule has 0 spiro atoms. The first-order chi connectivity index (χ1) is 14.3. The third kappa shape index (κ3) is 5.46. The van der Waals surface area contributed by atoms with Crippen LogP contribution in [0.2, 0.25) is 0 Å². The van der Waals surface area contributed by atoms with E-state index >= 15 is 0 Å². The number of benzene rings is 2. The van der Waals surface area contributed by atoms with Gasteiger partial charge in [0.2, 0.25) is 15.9 Å². The van der Waals surface area contributed by atoms with Crippen LogP contribution in [0.1, 0.15) is 41.7 Å². The topological polar surface area (TPSA) is 95.6 Å².